The number of rotatable bonds is 8. The molecule has 172 valence electrons. The van der Waals surface area contributed by atoms with Crippen molar-refractivity contribution in [1.82, 2.24) is 4.90 Å². The Morgan fingerprint density at radius 1 is 0.765 bits per heavy atom. The Balaban J connectivity index is 1.72. The Kier molecular flexibility index (Phi) is 7.61. The van der Waals surface area contributed by atoms with Gasteiger partial charge in [0.05, 0.1) is 13.2 Å². The lowest BCUT2D eigenvalue weighted by molar-refractivity contribution is 0.194. The van der Waals surface area contributed by atoms with Gasteiger partial charge in [-0.3, -0.25) is 0 Å². The number of nitrogens with one attached hydrogen (secondary N) is 1. The highest BCUT2D eigenvalue weighted by Crippen LogP contribution is 2.31. The molecule has 0 radical (unpaired) electrons. The van der Waals surface area contributed by atoms with Crippen LogP contribution in [0.4, 0.5) is 10.5 Å². The number of benzene rings is 4. The lowest BCUT2D eigenvalue weighted by Crippen LogP contribution is -2.38. The van der Waals surface area contributed by atoms with Gasteiger partial charge in [0.2, 0.25) is 0 Å². The molecule has 0 saturated carbocycles. The fourth-order valence-electron chi connectivity index (χ4n) is 4.05. The van der Waals surface area contributed by atoms with E-state index in [0.29, 0.717) is 6.54 Å². The molecule has 0 aliphatic rings. The third-order valence-electron chi connectivity index (χ3n) is 5.93. The molecule has 0 saturated heterocycles. The Morgan fingerprint density at radius 2 is 1.29 bits per heavy atom. The Hall–Kier alpha value is -4.05. The predicted octanol–water partition coefficient (Wildman–Crippen LogP) is 7.08. The van der Waals surface area contributed by atoms with E-state index in [1.54, 1.807) is 7.11 Å². The lowest BCUT2D eigenvalue weighted by atomic mass is 9.96. The molecule has 0 aromatic heterocycles. The molecule has 1 N–H and O–H groups in total. The van der Waals surface area contributed by atoms with Gasteiger partial charge in [-0.2, -0.15) is 0 Å². The first-order valence-electron chi connectivity index (χ1n) is 11.6. The summed E-state index contributed by atoms with van der Waals surface area (Å²) in [6.45, 7) is 2.56. The van der Waals surface area contributed by atoms with Crippen molar-refractivity contribution in [2.24, 2.45) is 0 Å². The Bertz CT molecular complexity index is 1130. The predicted molar refractivity (Wildman–Crippen MR) is 138 cm³/mol. The van der Waals surface area contributed by atoms with Crippen LogP contribution in [0.2, 0.25) is 0 Å². The number of ether oxygens (including phenoxy) is 1. The average molecular weight is 451 g/mol. The molecule has 0 heterocycles. The van der Waals surface area contributed by atoms with Gasteiger partial charge in [0.15, 0.2) is 0 Å². The standard InChI is InChI=1S/C30H30N2O2/c1-3-23-14-18-27(19-15-23)31-30(33)32(22-24-16-20-28(34-2)21-17-24)29(25-10-6-4-7-11-25)26-12-8-5-9-13-26/h4-21,29H,3,22H2,1-2H3,(H,31,33). The van der Waals surface area contributed by atoms with E-state index >= 15 is 0 Å². The molecular formula is C30H30N2O2. The van der Waals surface area contributed by atoms with E-state index in [1.165, 1.54) is 5.56 Å². The molecule has 4 aromatic carbocycles. The van der Waals surface area contributed by atoms with Gasteiger partial charge in [0.25, 0.3) is 0 Å². The van der Waals surface area contributed by atoms with Gasteiger partial charge in [-0.25, -0.2) is 4.79 Å². The van der Waals surface area contributed by atoms with Crippen LogP contribution < -0.4 is 10.1 Å². The average Bonchev–Trinajstić information content (AvgIpc) is 2.90. The van der Waals surface area contributed by atoms with E-state index in [2.05, 4.69) is 48.6 Å². The normalized spacial score (nSPS) is 10.7. The number of nitrogens with zero attached hydrogens (tertiary/aromatic N) is 1. The molecule has 0 bridgehead atoms. The summed E-state index contributed by atoms with van der Waals surface area (Å²) in [5.41, 5.74) is 5.15. The Labute approximate surface area is 201 Å². The molecule has 34 heavy (non-hydrogen) atoms. The number of anilines is 1. The summed E-state index contributed by atoms with van der Waals surface area (Å²) in [6, 6.07) is 35.8. The quantitative estimate of drug-likeness (QED) is 0.312. The number of hydrogen-bond acceptors (Lipinski definition) is 2. The van der Waals surface area contributed by atoms with Gasteiger partial charge < -0.3 is 15.0 Å². The fourth-order valence-corrected chi connectivity index (χ4v) is 4.05. The van der Waals surface area contributed by atoms with Crippen LogP contribution in [-0.2, 0) is 13.0 Å². The third kappa shape index (κ3) is 5.65. The summed E-state index contributed by atoms with van der Waals surface area (Å²) >= 11 is 0. The minimum atomic E-state index is -0.251. The summed E-state index contributed by atoms with van der Waals surface area (Å²) in [6.07, 6.45) is 0.960. The molecule has 4 heteroatoms. The van der Waals surface area contributed by atoms with Crippen molar-refractivity contribution in [1.29, 1.82) is 0 Å². The maximum absolute atomic E-state index is 13.8. The minimum Gasteiger partial charge on any atom is -0.497 e. The van der Waals surface area contributed by atoms with E-state index in [4.69, 9.17) is 4.74 Å². The molecule has 4 rings (SSSR count). The zero-order valence-corrected chi connectivity index (χ0v) is 19.6. The van der Waals surface area contributed by atoms with Gasteiger partial charge in [-0.1, -0.05) is 91.9 Å². The number of carbonyl (C=O) groups is 1. The summed E-state index contributed by atoms with van der Waals surface area (Å²) in [5.74, 6) is 0.790. The summed E-state index contributed by atoms with van der Waals surface area (Å²) in [4.78, 5) is 15.7. The molecule has 0 atom stereocenters. The molecule has 4 aromatic rings. The monoisotopic (exact) mass is 450 g/mol. The van der Waals surface area contributed by atoms with Crippen molar-refractivity contribution in [3.8, 4) is 5.75 Å². The fraction of sp³-hybridized carbons (Fsp3) is 0.167. The van der Waals surface area contributed by atoms with Crippen LogP contribution in [0.1, 0.15) is 35.2 Å². The molecule has 0 unspecified atom stereocenters. The van der Waals surface area contributed by atoms with Crippen LogP contribution >= 0.6 is 0 Å². The van der Waals surface area contributed by atoms with Crippen molar-refractivity contribution in [2.75, 3.05) is 12.4 Å². The highest BCUT2D eigenvalue weighted by molar-refractivity contribution is 5.90. The summed E-state index contributed by atoms with van der Waals surface area (Å²) < 4.78 is 5.31. The van der Waals surface area contributed by atoms with Crippen LogP contribution in [0, 0.1) is 0 Å². The van der Waals surface area contributed by atoms with Crippen LogP contribution in [-0.4, -0.2) is 18.0 Å². The first-order chi connectivity index (χ1) is 16.7. The number of amides is 2. The number of hydrogen-bond donors (Lipinski definition) is 1. The maximum atomic E-state index is 13.8. The van der Waals surface area contributed by atoms with E-state index in [-0.39, 0.29) is 12.1 Å². The first kappa shape index (κ1) is 23.1. The van der Waals surface area contributed by atoms with Crippen molar-refractivity contribution in [3.05, 3.63) is 131 Å². The molecule has 0 spiro atoms. The number of carbonyl (C=O) groups excluding carboxylic acids is 1. The minimum absolute atomic E-state index is 0.155. The van der Waals surface area contributed by atoms with Crippen molar-refractivity contribution >= 4 is 11.7 Å². The second-order valence-corrected chi connectivity index (χ2v) is 8.18. The molecule has 0 aliphatic heterocycles. The zero-order chi connectivity index (χ0) is 23.8. The van der Waals surface area contributed by atoms with Crippen LogP contribution in [0.25, 0.3) is 0 Å². The van der Waals surface area contributed by atoms with E-state index in [9.17, 15) is 4.79 Å². The van der Waals surface area contributed by atoms with Gasteiger partial charge in [-0.15, -0.1) is 0 Å². The first-order valence-corrected chi connectivity index (χ1v) is 11.6. The summed E-state index contributed by atoms with van der Waals surface area (Å²) in [5, 5.41) is 3.12. The zero-order valence-electron chi connectivity index (χ0n) is 19.6. The molecule has 0 aliphatic carbocycles. The highest BCUT2D eigenvalue weighted by atomic mass is 16.5. The highest BCUT2D eigenvalue weighted by Gasteiger charge is 2.27. The maximum Gasteiger partial charge on any atom is 0.322 e. The molecule has 0 fully saturated rings. The van der Waals surface area contributed by atoms with Crippen molar-refractivity contribution in [3.63, 3.8) is 0 Å². The SMILES string of the molecule is CCc1ccc(NC(=O)N(Cc2ccc(OC)cc2)C(c2ccccc2)c2ccccc2)cc1. The van der Waals surface area contributed by atoms with Crippen molar-refractivity contribution < 1.29 is 9.53 Å². The number of methoxy groups -OCH3 is 1. The summed E-state index contributed by atoms with van der Waals surface area (Å²) in [7, 11) is 1.65. The smallest absolute Gasteiger partial charge is 0.322 e. The topological polar surface area (TPSA) is 41.6 Å². The second kappa shape index (κ2) is 11.2. The van der Waals surface area contributed by atoms with Crippen LogP contribution in [0.3, 0.4) is 0 Å². The van der Waals surface area contributed by atoms with E-state index in [1.807, 2.05) is 77.7 Å². The van der Waals surface area contributed by atoms with Crippen LogP contribution in [0.5, 0.6) is 5.75 Å². The third-order valence-corrected chi connectivity index (χ3v) is 5.93. The van der Waals surface area contributed by atoms with Crippen LogP contribution in [0.15, 0.2) is 109 Å². The molecular weight excluding hydrogens is 420 g/mol. The molecule has 4 nitrogen and oxygen atoms in total. The van der Waals surface area contributed by atoms with Crippen molar-refractivity contribution in [2.45, 2.75) is 25.9 Å². The second-order valence-electron chi connectivity index (χ2n) is 8.18. The Morgan fingerprint density at radius 3 is 1.79 bits per heavy atom. The lowest BCUT2D eigenvalue weighted by Gasteiger charge is -2.33. The molecule has 2 amide bonds. The van der Waals surface area contributed by atoms with Gasteiger partial charge in [0.1, 0.15) is 5.75 Å². The number of aryl methyl sites for hydroxylation is 1. The van der Waals surface area contributed by atoms with Gasteiger partial charge >= 0.3 is 6.03 Å². The van der Waals surface area contributed by atoms with Gasteiger partial charge in [-0.05, 0) is 52.9 Å². The van der Waals surface area contributed by atoms with Gasteiger partial charge in [0, 0.05) is 12.2 Å². The van der Waals surface area contributed by atoms with E-state index < -0.39 is 0 Å². The number of urea groups is 1. The largest absolute Gasteiger partial charge is 0.497 e. The van der Waals surface area contributed by atoms with E-state index in [0.717, 1.165) is 34.5 Å².